The Bertz CT molecular complexity index is 576. The normalized spacial score (nSPS) is 16.9. The van der Waals surface area contributed by atoms with Gasteiger partial charge in [0, 0.05) is 18.7 Å². The maximum absolute atomic E-state index is 12.3. The zero-order valence-electron chi connectivity index (χ0n) is 13.0. The smallest absolute Gasteiger partial charge is 0.315 e. The molecule has 0 aliphatic carbocycles. The monoisotopic (exact) mass is 345 g/mol. The van der Waals surface area contributed by atoms with Crippen LogP contribution < -0.4 is 20.1 Å². The highest BCUT2D eigenvalue weighted by Gasteiger charge is 2.25. The Morgan fingerprint density at radius 3 is 2.65 bits per heavy atom. The molecular weight excluding hydrogens is 326 g/mol. The molecule has 1 saturated heterocycles. The Labute approximate surface area is 140 Å². The van der Waals surface area contributed by atoms with Gasteiger partial charge in [-0.2, -0.15) is 0 Å². The first-order valence-electron chi connectivity index (χ1n) is 6.98. The summed E-state index contributed by atoms with van der Waals surface area (Å²) in [5.74, 6) is -0.204. The minimum atomic E-state index is -0.597. The van der Waals surface area contributed by atoms with Crippen LogP contribution in [0, 0.1) is 10.1 Å². The third-order valence-electron chi connectivity index (χ3n) is 3.55. The van der Waals surface area contributed by atoms with Gasteiger partial charge in [0.1, 0.15) is 0 Å². The van der Waals surface area contributed by atoms with Crippen LogP contribution in [0.4, 0.5) is 5.69 Å². The molecule has 23 heavy (non-hydrogen) atoms. The van der Waals surface area contributed by atoms with Gasteiger partial charge in [-0.05, 0) is 25.5 Å². The molecule has 1 atom stereocenters. The second-order valence-electron chi connectivity index (χ2n) is 5.00. The van der Waals surface area contributed by atoms with Crippen molar-refractivity contribution < 1.29 is 19.2 Å². The number of carbonyl (C=O) groups is 1. The van der Waals surface area contributed by atoms with Crippen molar-refractivity contribution in [3.8, 4) is 11.5 Å². The molecule has 0 radical (unpaired) electrons. The minimum Gasteiger partial charge on any atom is -0.493 e. The van der Waals surface area contributed by atoms with Crippen LogP contribution in [0.5, 0.6) is 11.5 Å². The summed E-state index contributed by atoms with van der Waals surface area (Å²) in [5, 5.41) is 17.2. The van der Waals surface area contributed by atoms with Crippen LogP contribution in [0.2, 0.25) is 0 Å². The van der Waals surface area contributed by atoms with Crippen molar-refractivity contribution in [3.63, 3.8) is 0 Å². The number of carbonyl (C=O) groups excluding carboxylic acids is 1. The highest BCUT2D eigenvalue weighted by atomic mass is 35.5. The van der Waals surface area contributed by atoms with Gasteiger partial charge in [-0.25, -0.2) is 0 Å². The Morgan fingerprint density at radius 1 is 1.39 bits per heavy atom. The quantitative estimate of drug-likeness (QED) is 0.619. The molecule has 1 aliphatic heterocycles. The second-order valence-corrected chi connectivity index (χ2v) is 5.00. The first-order valence-corrected chi connectivity index (χ1v) is 6.98. The lowest BCUT2D eigenvalue weighted by molar-refractivity contribution is -0.385. The van der Waals surface area contributed by atoms with E-state index in [0.29, 0.717) is 6.54 Å². The van der Waals surface area contributed by atoms with Gasteiger partial charge in [-0.3, -0.25) is 14.9 Å². The number of ether oxygens (including phenoxy) is 2. The molecule has 8 nitrogen and oxygen atoms in total. The number of nitrogens with one attached hydrogen (secondary N) is 2. The molecule has 1 aromatic carbocycles. The Hall–Kier alpha value is -2.06. The Morgan fingerprint density at radius 2 is 2.13 bits per heavy atom. The number of nitro groups is 1. The second kappa shape index (κ2) is 8.54. The van der Waals surface area contributed by atoms with Gasteiger partial charge in [0.05, 0.1) is 24.7 Å². The van der Waals surface area contributed by atoms with E-state index in [1.807, 2.05) is 0 Å². The molecule has 0 bridgehead atoms. The summed E-state index contributed by atoms with van der Waals surface area (Å²) in [6, 6.07) is 2.66. The molecule has 1 heterocycles. The molecule has 1 amide bonds. The number of hydrogen-bond acceptors (Lipinski definition) is 6. The molecule has 2 N–H and O–H groups in total. The summed E-state index contributed by atoms with van der Waals surface area (Å²) >= 11 is 0. The van der Waals surface area contributed by atoms with E-state index in [1.165, 1.54) is 26.4 Å². The maximum atomic E-state index is 12.3. The van der Waals surface area contributed by atoms with Gasteiger partial charge in [-0.1, -0.05) is 0 Å². The standard InChI is InChI=1S/C14H19N3O5.ClH/c1-21-12-7-9(6-11(17(19)20)13(12)22-2)14(18)16-10-4-3-5-15-8-10;/h6-7,10,15H,3-5,8H2,1-2H3,(H,16,18);1H/t10-;/m0./s1. The lowest BCUT2D eigenvalue weighted by Gasteiger charge is -2.23. The number of halogens is 1. The van der Waals surface area contributed by atoms with Crippen molar-refractivity contribution in [1.29, 1.82) is 0 Å². The lowest BCUT2D eigenvalue weighted by atomic mass is 10.1. The molecule has 0 spiro atoms. The van der Waals surface area contributed by atoms with Crippen LogP contribution in [-0.4, -0.2) is 44.2 Å². The van der Waals surface area contributed by atoms with Gasteiger partial charge in [0.15, 0.2) is 5.75 Å². The molecule has 9 heteroatoms. The van der Waals surface area contributed by atoms with Crippen molar-refractivity contribution >= 4 is 24.0 Å². The predicted molar refractivity (Wildman–Crippen MR) is 86.8 cm³/mol. The maximum Gasteiger partial charge on any atom is 0.315 e. The SMILES string of the molecule is COc1cc(C(=O)N[C@H]2CCCNC2)cc([N+](=O)[O-])c1OC.Cl. The molecule has 128 valence electrons. The molecule has 0 unspecified atom stereocenters. The number of rotatable bonds is 5. The number of benzene rings is 1. The van der Waals surface area contributed by atoms with Gasteiger partial charge >= 0.3 is 5.69 Å². The van der Waals surface area contributed by atoms with Crippen LogP contribution in [0.3, 0.4) is 0 Å². The predicted octanol–water partition coefficient (Wildman–Crippen LogP) is 1.52. The highest BCUT2D eigenvalue weighted by molar-refractivity contribution is 5.96. The molecule has 1 aliphatic rings. The topological polar surface area (TPSA) is 103 Å². The summed E-state index contributed by atoms with van der Waals surface area (Å²) in [6.45, 7) is 1.63. The van der Waals surface area contributed by atoms with E-state index in [9.17, 15) is 14.9 Å². The van der Waals surface area contributed by atoms with Crippen molar-refractivity contribution in [2.24, 2.45) is 0 Å². The van der Waals surface area contributed by atoms with Crippen LogP contribution >= 0.6 is 12.4 Å². The van der Waals surface area contributed by atoms with E-state index in [-0.39, 0.29) is 47.1 Å². The van der Waals surface area contributed by atoms with E-state index in [2.05, 4.69) is 10.6 Å². The average molecular weight is 346 g/mol. The van der Waals surface area contributed by atoms with Crippen LogP contribution in [0.1, 0.15) is 23.2 Å². The summed E-state index contributed by atoms with van der Waals surface area (Å²) < 4.78 is 10.1. The fraction of sp³-hybridized carbons (Fsp3) is 0.500. The molecule has 1 fully saturated rings. The summed E-state index contributed by atoms with van der Waals surface area (Å²) in [7, 11) is 2.69. The van der Waals surface area contributed by atoms with Crippen LogP contribution in [0.15, 0.2) is 12.1 Å². The van der Waals surface area contributed by atoms with Crippen molar-refractivity contribution in [3.05, 3.63) is 27.8 Å². The molecule has 0 saturated carbocycles. The number of hydrogen-bond donors (Lipinski definition) is 2. The van der Waals surface area contributed by atoms with Gasteiger partial charge in [0.2, 0.25) is 5.75 Å². The first-order chi connectivity index (χ1) is 10.6. The number of nitro benzene ring substituents is 1. The van der Waals surface area contributed by atoms with Gasteiger partial charge in [-0.15, -0.1) is 12.4 Å². The van der Waals surface area contributed by atoms with Crippen molar-refractivity contribution in [1.82, 2.24) is 10.6 Å². The summed E-state index contributed by atoms with van der Waals surface area (Å²) in [4.78, 5) is 22.8. The number of amides is 1. The van der Waals surface area contributed by atoms with E-state index < -0.39 is 4.92 Å². The first kappa shape index (κ1) is 19.0. The third kappa shape index (κ3) is 4.46. The van der Waals surface area contributed by atoms with E-state index in [0.717, 1.165) is 19.4 Å². The van der Waals surface area contributed by atoms with E-state index >= 15 is 0 Å². The highest BCUT2D eigenvalue weighted by Crippen LogP contribution is 2.37. The Balaban J connectivity index is 0.00000264. The summed E-state index contributed by atoms with van der Waals surface area (Å²) in [5.41, 5.74) is -0.122. The largest absolute Gasteiger partial charge is 0.493 e. The lowest BCUT2D eigenvalue weighted by Crippen LogP contribution is -2.45. The van der Waals surface area contributed by atoms with E-state index in [4.69, 9.17) is 9.47 Å². The third-order valence-corrected chi connectivity index (χ3v) is 3.55. The van der Waals surface area contributed by atoms with Gasteiger partial charge in [0.25, 0.3) is 5.91 Å². The summed E-state index contributed by atoms with van der Waals surface area (Å²) in [6.07, 6.45) is 1.87. The van der Waals surface area contributed by atoms with Crippen LogP contribution in [-0.2, 0) is 0 Å². The number of methoxy groups -OCH3 is 2. The zero-order chi connectivity index (χ0) is 16.1. The number of nitrogens with zero attached hydrogens (tertiary/aromatic N) is 1. The average Bonchev–Trinajstić information content (AvgIpc) is 2.54. The molecule has 1 aromatic rings. The molecular formula is C14H20ClN3O5. The van der Waals surface area contributed by atoms with Crippen molar-refractivity contribution in [2.75, 3.05) is 27.3 Å². The van der Waals surface area contributed by atoms with E-state index in [1.54, 1.807) is 0 Å². The number of piperidine rings is 1. The minimum absolute atomic E-state index is 0. The fourth-order valence-corrected chi connectivity index (χ4v) is 2.45. The Kier molecular flexibility index (Phi) is 7.05. The van der Waals surface area contributed by atoms with Crippen LogP contribution in [0.25, 0.3) is 0 Å². The van der Waals surface area contributed by atoms with Gasteiger partial charge < -0.3 is 20.1 Å². The zero-order valence-corrected chi connectivity index (χ0v) is 13.8. The molecule has 2 rings (SSSR count). The van der Waals surface area contributed by atoms with Crippen molar-refractivity contribution in [2.45, 2.75) is 18.9 Å². The fourth-order valence-electron chi connectivity index (χ4n) is 2.45. The molecule has 0 aromatic heterocycles.